The van der Waals surface area contributed by atoms with Crippen LogP contribution in [0.25, 0.3) is 0 Å². The summed E-state index contributed by atoms with van der Waals surface area (Å²) in [6, 6.07) is 25.9. The van der Waals surface area contributed by atoms with Crippen LogP contribution in [0, 0.1) is 0 Å². The summed E-state index contributed by atoms with van der Waals surface area (Å²) in [4.78, 5) is 0. The Labute approximate surface area is 250 Å². The molecule has 0 aliphatic carbocycles. The third kappa shape index (κ3) is 5.64. The Morgan fingerprint density at radius 1 is 0.500 bits per heavy atom. The van der Waals surface area contributed by atoms with Crippen molar-refractivity contribution in [2.24, 2.45) is 0 Å². The fourth-order valence-electron chi connectivity index (χ4n) is 6.44. The smallest absolute Gasteiger partial charge is 0.238 e. The Morgan fingerprint density at radius 3 is 0.975 bits per heavy atom. The van der Waals surface area contributed by atoms with Crippen molar-refractivity contribution in [3.05, 3.63) is 60.7 Å². The molecule has 0 saturated carbocycles. The van der Waals surface area contributed by atoms with Crippen LogP contribution in [-0.4, -0.2) is 48.8 Å². The van der Waals surface area contributed by atoms with Gasteiger partial charge in [-0.2, -0.15) is 0 Å². The standard InChI is InChI=1S/C30H52O4S2Si4/c1-11-39(12-2,13-3)29-35(31,33-37(7,8)27-23-19-17-20-24-27)30(40(14-4,15-5)16-6)36(29,32)34-38(9,10)28-25-21-18-22-26-28/h17-26H,11-16H2,1-10H3. The Balaban J connectivity index is 2.46. The van der Waals surface area contributed by atoms with Gasteiger partial charge in [-0.15, -0.1) is 0 Å². The average Bonchev–Trinajstić information content (AvgIpc) is 2.95. The third-order valence-electron chi connectivity index (χ3n) is 9.49. The van der Waals surface area contributed by atoms with Crippen LogP contribution >= 0.6 is 0 Å². The lowest BCUT2D eigenvalue weighted by molar-refractivity contribution is 0.566. The molecule has 1 heterocycles. The van der Waals surface area contributed by atoms with Gasteiger partial charge < -0.3 is 7.74 Å². The first-order chi connectivity index (χ1) is 18.7. The quantitative estimate of drug-likeness (QED) is 0.163. The van der Waals surface area contributed by atoms with Crippen molar-refractivity contribution in [3.8, 4) is 0 Å². The molecule has 0 radical (unpaired) electrons. The zero-order chi connectivity index (χ0) is 30.0. The predicted octanol–water partition coefficient (Wildman–Crippen LogP) is 7.01. The first kappa shape index (κ1) is 33.8. The molecule has 0 amide bonds. The molecule has 0 N–H and O–H groups in total. The van der Waals surface area contributed by atoms with E-state index in [-0.39, 0.29) is 0 Å². The molecule has 2 aromatic carbocycles. The van der Waals surface area contributed by atoms with Crippen molar-refractivity contribution in [3.63, 3.8) is 0 Å². The van der Waals surface area contributed by atoms with Crippen LogP contribution in [0.1, 0.15) is 41.5 Å². The summed E-state index contributed by atoms with van der Waals surface area (Å²) in [6.45, 7) is 21.8. The summed E-state index contributed by atoms with van der Waals surface area (Å²) < 4.78 is 47.6. The maximum atomic E-state index is 15.9. The van der Waals surface area contributed by atoms with Gasteiger partial charge in [0.1, 0.15) is 35.8 Å². The maximum Gasteiger partial charge on any atom is 0.238 e. The van der Waals surface area contributed by atoms with E-state index in [1.54, 1.807) is 0 Å². The first-order valence-electron chi connectivity index (χ1n) is 15.1. The van der Waals surface area contributed by atoms with Gasteiger partial charge in [-0.25, -0.2) is 8.42 Å². The molecule has 3 rings (SSSR count). The molecule has 0 bridgehead atoms. The van der Waals surface area contributed by atoms with Gasteiger partial charge in [0.25, 0.3) is 0 Å². The number of hydrogen-bond donors (Lipinski definition) is 0. The summed E-state index contributed by atoms with van der Waals surface area (Å²) in [7, 11) is -16.2. The summed E-state index contributed by atoms with van der Waals surface area (Å²) in [5, 5.41) is 2.23. The molecule has 1 aliphatic heterocycles. The summed E-state index contributed by atoms with van der Waals surface area (Å²) in [6.07, 6.45) is 0. The molecule has 4 nitrogen and oxygen atoms in total. The molecule has 0 atom stereocenters. The van der Waals surface area contributed by atoms with E-state index in [9.17, 15) is 0 Å². The molecule has 2 aromatic rings. The maximum absolute atomic E-state index is 15.9. The van der Waals surface area contributed by atoms with Gasteiger partial charge in [0.05, 0.1) is 7.64 Å². The largest absolute Gasteiger partial charge is 0.333 e. The fourth-order valence-corrected chi connectivity index (χ4v) is 42.7. The SMILES string of the molecule is CC[Si](CC)(CC)C1=S(=O)(O[Si](C)(C)c2ccccc2)C([Si](CC)(CC)CC)=S1(=O)O[Si](C)(C)c1ccccc1. The Morgan fingerprint density at radius 2 is 0.750 bits per heavy atom. The van der Waals surface area contributed by atoms with Gasteiger partial charge in [-0.1, -0.05) is 138 Å². The molecule has 224 valence electrons. The van der Waals surface area contributed by atoms with Crippen molar-refractivity contribution in [1.82, 2.24) is 0 Å². The summed E-state index contributed by atoms with van der Waals surface area (Å²) >= 11 is 0. The minimum atomic E-state index is -3.09. The molecule has 1 aliphatic rings. The van der Waals surface area contributed by atoms with E-state index in [1.807, 2.05) is 36.4 Å². The molecule has 0 saturated heterocycles. The average molecular weight is 653 g/mol. The van der Waals surface area contributed by atoms with Crippen molar-refractivity contribution < 1.29 is 16.2 Å². The minimum Gasteiger partial charge on any atom is -0.333 e. The van der Waals surface area contributed by atoms with Crippen molar-refractivity contribution in [2.45, 2.75) is 104 Å². The Hall–Kier alpha value is -0.732. The topological polar surface area (TPSA) is 52.6 Å². The second-order valence-electron chi connectivity index (χ2n) is 12.2. The Kier molecular flexibility index (Phi) is 10.5. The molecule has 0 fully saturated rings. The zero-order valence-electron chi connectivity index (χ0n) is 26.5. The zero-order valence-corrected chi connectivity index (χ0v) is 32.1. The molecular formula is C30H52O4S2Si4. The number of rotatable bonds is 14. The van der Waals surface area contributed by atoms with Crippen LogP contribution in [0.3, 0.4) is 0 Å². The highest BCUT2D eigenvalue weighted by Crippen LogP contribution is 2.43. The highest BCUT2D eigenvalue weighted by Gasteiger charge is 2.61. The van der Waals surface area contributed by atoms with E-state index >= 15 is 8.42 Å². The lowest BCUT2D eigenvalue weighted by Crippen LogP contribution is -2.70. The van der Waals surface area contributed by atoms with E-state index in [1.165, 1.54) is 0 Å². The van der Waals surface area contributed by atoms with Crippen LogP contribution in [0.4, 0.5) is 0 Å². The molecule has 10 heteroatoms. The van der Waals surface area contributed by atoms with Crippen molar-refractivity contribution >= 4 is 70.4 Å². The van der Waals surface area contributed by atoms with Crippen LogP contribution in [-0.2, 0) is 27.3 Å². The molecular weight excluding hydrogens is 601 g/mol. The summed E-state index contributed by atoms with van der Waals surface area (Å²) in [5.74, 6) is 0. The highest BCUT2D eigenvalue weighted by atomic mass is 32.3. The molecule has 0 aromatic heterocycles. The van der Waals surface area contributed by atoms with Crippen LogP contribution in [0.5, 0.6) is 0 Å². The van der Waals surface area contributed by atoms with Gasteiger partial charge >= 0.3 is 0 Å². The van der Waals surface area contributed by atoms with Gasteiger partial charge in [0, 0.05) is 0 Å². The number of hydrogen-bond acceptors (Lipinski definition) is 4. The minimum absolute atomic E-state index is 0.732. The van der Waals surface area contributed by atoms with Gasteiger partial charge in [0.15, 0.2) is 0 Å². The van der Waals surface area contributed by atoms with E-state index in [2.05, 4.69) is 92.0 Å². The van der Waals surface area contributed by atoms with Gasteiger partial charge in [0.2, 0.25) is 16.6 Å². The van der Waals surface area contributed by atoms with E-state index in [0.717, 1.165) is 54.3 Å². The van der Waals surface area contributed by atoms with Crippen molar-refractivity contribution in [2.75, 3.05) is 0 Å². The van der Waals surface area contributed by atoms with Gasteiger partial charge in [-0.05, 0) is 36.6 Å². The molecule has 0 unspecified atom stereocenters. The van der Waals surface area contributed by atoms with Gasteiger partial charge in [-0.3, -0.25) is 0 Å². The third-order valence-corrected chi connectivity index (χ3v) is 41.0. The second-order valence-corrected chi connectivity index (χ2v) is 36.7. The molecule has 40 heavy (non-hydrogen) atoms. The fraction of sp³-hybridized carbons (Fsp3) is 0.533. The van der Waals surface area contributed by atoms with Crippen LogP contribution < -0.4 is 10.4 Å². The predicted molar refractivity (Wildman–Crippen MR) is 190 cm³/mol. The van der Waals surface area contributed by atoms with Crippen LogP contribution in [0.15, 0.2) is 60.7 Å². The number of benzene rings is 2. The van der Waals surface area contributed by atoms with Crippen molar-refractivity contribution in [1.29, 1.82) is 0 Å². The normalized spacial score (nSPS) is 22.4. The molecule has 0 spiro atoms. The first-order valence-corrected chi connectivity index (χ1v) is 29.1. The lowest BCUT2D eigenvalue weighted by atomic mass is 10.4. The lowest BCUT2D eigenvalue weighted by Gasteiger charge is -2.50. The Bertz CT molecular complexity index is 1270. The summed E-state index contributed by atoms with van der Waals surface area (Å²) in [5.41, 5.74) is 0. The van der Waals surface area contributed by atoms with E-state index < -0.39 is 52.4 Å². The van der Waals surface area contributed by atoms with Crippen LogP contribution in [0.2, 0.25) is 62.5 Å². The van der Waals surface area contributed by atoms with E-state index in [0.29, 0.717) is 0 Å². The highest BCUT2D eigenvalue weighted by molar-refractivity contribution is 8.53. The second kappa shape index (κ2) is 12.5. The monoisotopic (exact) mass is 652 g/mol. The van der Waals surface area contributed by atoms with E-state index in [4.69, 9.17) is 7.74 Å².